The van der Waals surface area contributed by atoms with Crippen molar-refractivity contribution in [1.82, 2.24) is 0 Å². The van der Waals surface area contributed by atoms with Crippen molar-refractivity contribution in [1.29, 1.82) is 0 Å². The van der Waals surface area contributed by atoms with E-state index in [0.29, 0.717) is 22.6 Å². The predicted octanol–water partition coefficient (Wildman–Crippen LogP) is 2.77. The molecule has 0 fully saturated rings. The molecule has 0 atom stereocenters. The highest BCUT2D eigenvalue weighted by Crippen LogP contribution is 2.32. The average molecular weight is 274 g/mol. The fourth-order valence-electron chi connectivity index (χ4n) is 1.88. The SMILES string of the molecule is COc1cc(OC)cc(-c2cc(O)cc(C(=O)O)c2)c1. The predicted molar refractivity (Wildman–Crippen MR) is 73.6 cm³/mol. The zero-order chi connectivity index (χ0) is 14.7. The van der Waals surface area contributed by atoms with Gasteiger partial charge in [-0.05, 0) is 41.5 Å². The van der Waals surface area contributed by atoms with Gasteiger partial charge in [-0.3, -0.25) is 0 Å². The number of carboxylic acids is 1. The molecule has 0 aromatic heterocycles. The van der Waals surface area contributed by atoms with Crippen LogP contribution in [0.2, 0.25) is 0 Å². The number of ether oxygens (including phenoxy) is 2. The number of methoxy groups -OCH3 is 2. The molecule has 0 unspecified atom stereocenters. The molecule has 2 aromatic rings. The van der Waals surface area contributed by atoms with Crippen LogP contribution in [0.15, 0.2) is 36.4 Å². The fraction of sp³-hybridized carbons (Fsp3) is 0.133. The third-order valence-corrected chi connectivity index (χ3v) is 2.85. The summed E-state index contributed by atoms with van der Waals surface area (Å²) in [5.74, 6) is -0.0437. The van der Waals surface area contributed by atoms with Gasteiger partial charge in [0.1, 0.15) is 17.2 Å². The van der Waals surface area contributed by atoms with Gasteiger partial charge in [-0.2, -0.15) is 0 Å². The lowest BCUT2D eigenvalue weighted by molar-refractivity contribution is 0.0696. The highest BCUT2D eigenvalue weighted by molar-refractivity contribution is 5.90. The lowest BCUT2D eigenvalue weighted by atomic mass is 10.0. The number of benzene rings is 2. The molecule has 0 spiro atoms. The van der Waals surface area contributed by atoms with Crippen LogP contribution in [-0.4, -0.2) is 30.4 Å². The lowest BCUT2D eigenvalue weighted by Crippen LogP contribution is -1.96. The minimum Gasteiger partial charge on any atom is -0.508 e. The number of hydrogen-bond donors (Lipinski definition) is 2. The van der Waals surface area contributed by atoms with E-state index in [1.54, 1.807) is 18.2 Å². The van der Waals surface area contributed by atoms with Crippen LogP contribution in [0.4, 0.5) is 0 Å². The van der Waals surface area contributed by atoms with Crippen molar-refractivity contribution in [3.8, 4) is 28.4 Å². The van der Waals surface area contributed by atoms with E-state index in [1.165, 1.54) is 32.4 Å². The average Bonchev–Trinajstić information content (AvgIpc) is 2.45. The summed E-state index contributed by atoms with van der Waals surface area (Å²) in [5.41, 5.74) is 1.28. The Labute approximate surface area is 116 Å². The van der Waals surface area contributed by atoms with Crippen molar-refractivity contribution >= 4 is 5.97 Å². The Balaban J connectivity index is 2.58. The first-order valence-corrected chi connectivity index (χ1v) is 5.84. The molecule has 0 bridgehead atoms. The second-order valence-electron chi connectivity index (χ2n) is 4.18. The molecular weight excluding hydrogens is 260 g/mol. The molecule has 5 heteroatoms. The van der Waals surface area contributed by atoms with E-state index in [1.807, 2.05) is 0 Å². The topological polar surface area (TPSA) is 76.0 Å². The van der Waals surface area contributed by atoms with Gasteiger partial charge in [-0.15, -0.1) is 0 Å². The van der Waals surface area contributed by atoms with E-state index in [0.717, 1.165) is 0 Å². The number of phenolic OH excluding ortho intramolecular Hbond substituents is 1. The Morgan fingerprint density at radius 2 is 1.45 bits per heavy atom. The highest BCUT2D eigenvalue weighted by atomic mass is 16.5. The molecule has 0 amide bonds. The maximum absolute atomic E-state index is 11.0. The van der Waals surface area contributed by atoms with Gasteiger partial charge in [0.2, 0.25) is 0 Å². The Morgan fingerprint density at radius 1 is 0.900 bits per heavy atom. The van der Waals surface area contributed by atoms with E-state index in [4.69, 9.17) is 14.6 Å². The Morgan fingerprint density at radius 3 is 1.95 bits per heavy atom. The van der Waals surface area contributed by atoms with Gasteiger partial charge >= 0.3 is 5.97 Å². The molecule has 2 N–H and O–H groups in total. The zero-order valence-electron chi connectivity index (χ0n) is 11.1. The maximum Gasteiger partial charge on any atom is 0.335 e. The van der Waals surface area contributed by atoms with Crippen molar-refractivity contribution < 1.29 is 24.5 Å². The van der Waals surface area contributed by atoms with Gasteiger partial charge in [0.05, 0.1) is 19.8 Å². The van der Waals surface area contributed by atoms with Crippen LogP contribution in [0.25, 0.3) is 11.1 Å². The molecule has 0 aliphatic heterocycles. The van der Waals surface area contributed by atoms with Crippen LogP contribution >= 0.6 is 0 Å². The summed E-state index contributed by atoms with van der Waals surface area (Å²) in [5, 5.41) is 18.7. The number of carbonyl (C=O) groups is 1. The van der Waals surface area contributed by atoms with Crippen LogP contribution in [-0.2, 0) is 0 Å². The van der Waals surface area contributed by atoms with E-state index in [-0.39, 0.29) is 11.3 Å². The first-order valence-electron chi connectivity index (χ1n) is 5.84. The van der Waals surface area contributed by atoms with Crippen LogP contribution in [0.3, 0.4) is 0 Å². The molecular formula is C15H14O5. The van der Waals surface area contributed by atoms with Crippen molar-refractivity contribution in [2.45, 2.75) is 0 Å². The quantitative estimate of drug-likeness (QED) is 0.896. The molecule has 104 valence electrons. The number of hydrogen-bond acceptors (Lipinski definition) is 4. The van der Waals surface area contributed by atoms with Crippen LogP contribution in [0.1, 0.15) is 10.4 Å². The zero-order valence-corrected chi connectivity index (χ0v) is 11.1. The second kappa shape index (κ2) is 5.52. The fourth-order valence-corrected chi connectivity index (χ4v) is 1.88. The summed E-state index contributed by atoms with van der Waals surface area (Å²) in [7, 11) is 3.06. The molecule has 2 aromatic carbocycles. The standard InChI is InChI=1S/C15H14O5/c1-19-13-6-10(7-14(8-13)20-2)9-3-11(15(17)18)5-12(16)4-9/h3-8,16H,1-2H3,(H,17,18). The van der Waals surface area contributed by atoms with Crippen LogP contribution in [0.5, 0.6) is 17.2 Å². The third kappa shape index (κ3) is 2.83. The van der Waals surface area contributed by atoms with E-state index in [2.05, 4.69) is 0 Å². The van der Waals surface area contributed by atoms with Gasteiger partial charge < -0.3 is 19.7 Å². The highest BCUT2D eigenvalue weighted by Gasteiger charge is 2.10. The molecule has 0 heterocycles. The van der Waals surface area contributed by atoms with Crippen LogP contribution in [0, 0.1) is 0 Å². The van der Waals surface area contributed by atoms with E-state index < -0.39 is 5.97 Å². The van der Waals surface area contributed by atoms with Gasteiger partial charge in [0.15, 0.2) is 0 Å². The molecule has 0 radical (unpaired) electrons. The number of aromatic hydroxyl groups is 1. The Bertz CT molecular complexity index is 626. The summed E-state index contributed by atoms with van der Waals surface area (Å²) in [6.07, 6.45) is 0. The Hall–Kier alpha value is -2.69. The normalized spacial score (nSPS) is 10.1. The number of aromatic carboxylic acids is 1. The van der Waals surface area contributed by atoms with Crippen molar-refractivity contribution in [3.05, 3.63) is 42.0 Å². The van der Waals surface area contributed by atoms with Crippen molar-refractivity contribution in [2.24, 2.45) is 0 Å². The summed E-state index contributed by atoms with van der Waals surface area (Å²) in [4.78, 5) is 11.0. The summed E-state index contributed by atoms with van der Waals surface area (Å²) in [6.45, 7) is 0. The smallest absolute Gasteiger partial charge is 0.335 e. The largest absolute Gasteiger partial charge is 0.508 e. The number of phenols is 1. The Kier molecular flexibility index (Phi) is 3.79. The monoisotopic (exact) mass is 274 g/mol. The minimum absolute atomic E-state index is 0.0155. The van der Waals surface area contributed by atoms with Gasteiger partial charge in [-0.25, -0.2) is 4.79 Å². The van der Waals surface area contributed by atoms with Crippen molar-refractivity contribution in [3.63, 3.8) is 0 Å². The van der Waals surface area contributed by atoms with Crippen molar-refractivity contribution in [2.75, 3.05) is 14.2 Å². The second-order valence-corrected chi connectivity index (χ2v) is 4.18. The van der Waals surface area contributed by atoms with Gasteiger partial charge in [-0.1, -0.05) is 0 Å². The summed E-state index contributed by atoms with van der Waals surface area (Å²) < 4.78 is 10.3. The molecule has 20 heavy (non-hydrogen) atoms. The first-order chi connectivity index (χ1) is 9.53. The first kappa shape index (κ1) is 13.7. The molecule has 0 aliphatic carbocycles. The molecule has 5 nitrogen and oxygen atoms in total. The maximum atomic E-state index is 11.0. The number of rotatable bonds is 4. The summed E-state index contributed by atoms with van der Waals surface area (Å²) >= 11 is 0. The van der Waals surface area contributed by atoms with Gasteiger partial charge in [0, 0.05) is 6.07 Å². The van der Waals surface area contributed by atoms with E-state index in [9.17, 15) is 9.90 Å². The minimum atomic E-state index is -1.10. The van der Waals surface area contributed by atoms with Crippen LogP contribution < -0.4 is 9.47 Å². The molecule has 2 rings (SSSR count). The molecule has 0 aliphatic rings. The third-order valence-electron chi connectivity index (χ3n) is 2.85. The van der Waals surface area contributed by atoms with Gasteiger partial charge in [0.25, 0.3) is 0 Å². The lowest BCUT2D eigenvalue weighted by Gasteiger charge is -2.09. The summed E-state index contributed by atoms with van der Waals surface area (Å²) in [6, 6.07) is 9.36. The number of carboxylic acid groups (broad SMARTS) is 1. The van der Waals surface area contributed by atoms with E-state index >= 15 is 0 Å². The molecule has 0 saturated heterocycles. The molecule has 0 saturated carbocycles.